The number of carbonyl (C=O) groups excluding carboxylic acids is 1. The third kappa shape index (κ3) is 4.61. The lowest BCUT2D eigenvalue weighted by Gasteiger charge is -2.28. The fraction of sp³-hybridized carbons (Fsp3) is 0.364. The van der Waals surface area contributed by atoms with Crippen LogP contribution < -0.4 is 10.9 Å². The standard InChI is InChI=1S/C22H24N4O2S3/c1-6-9-26-20(28)17-15(16-8-7-10-29-16)11-30-19(17)24-21(26)31-14(4)18(27)25-22(5,12-23)13(2)3/h6-8,10-11,13-14H,1,9H2,2-5H3,(H,25,27). The number of nitriles is 1. The van der Waals surface area contributed by atoms with Crippen LogP contribution in [0.1, 0.15) is 27.7 Å². The lowest BCUT2D eigenvalue weighted by Crippen LogP contribution is -2.51. The van der Waals surface area contributed by atoms with Gasteiger partial charge in [-0.15, -0.1) is 29.3 Å². The largest absolute Gasteiger partial charge is 0.337 e. The molecule has 0 saturated carbocycles. The molecular formula is C22H24N4O2S3. The number of rotatable bonds is 8. The van der Waals surface area contributed by atoms with Crippen LogP contribution >= 0.6 is 34.4 Å². The summed E-state index contributed by atoms with van der Waals surface area (Å²) in [6.45, 7) is 11.3. The highest BCUT2D eigenvalue weighted by atomic mass is 32.2. The van der Waals surface area contributed by atoms with Crippen LogP contribution in [0.4, 0.5) is 0 Å². The molecule has 162 valence electrons. The zero-order chi connectivity index (χ0) is 22.8. The van der Waals surface area contributed by atoms with Crippen LogP contribution in [0.15, 0.2) is 45.5 Å². The van der Waals surface area contributed by atoms with E-state index in [-0.39, 0.29) is 17.4 Å². The van der Waals surface area contributed by atoms with Gasteiger partial charge in [0, 0.05) is 22.4 Å². The van der Waals surface area contributed by atoms with Crippen molar-refractivity contribution >= 4 is 50.6 Å². The molecule has 0 aromatic carbocycles. The van der Waals surface area contributed by atoms with E-state index in [1.54, 1.807) is 35.8 Å². The molecule has 2 unspecified atom stereocenters. The summed E-state index contributed by atoms with van der Waals surface area (Å²) in [5, 5.41) is 16.8. The van der Waals surface area contributed by atoms with Crippen molar-refractivity contribution in [3.05, 3.63) is 45.9 Å². The topological polar surface area (TPSA) is 87.8 Å². The van der Waals surface area contributed by atoms with Gasteiger partial charge >= 0.3 is 0 Å². The lowest BCUT2D eigenvalue weighted by atomic mass is 9.90. The molecule has 0 aliphatic rings. The Hall–Kier alpha value is -2.41. The number of fused-ring (bicyclic) bond motifs is 1. The Bertz CT molecular complexity index is 1200. The molecule has 9 heteroatoms. The fourth-order valence-electron chi connectivity index (χ4n) is 2.87. The molecule has 0 saturated heterocycles. The smallest absolute Gasteiger partial charge is 0.263 e. The number of hydrogen-bond acceptors (Lipinski definition) is 7. The first-order chi connectivity index (χ1) is 14.7. The van der Waals surface area contributed by atoms with Gasteiger partial charge in [0.1, 0.15) is 10.4 Å². The Morgan fingerprint density at radius 3 is 2.77 bits per heavy atom. The third-order valence-electron chi connectivity index (χ3n) is 5.18. The number of allylic oxidation sites excluding steroid dienone is 1. The quantitative estimate of drug-likeness (QED) is 0.286. The second-order valence-electron chi connectivity index (χ2n) is 7.62. The van der Waals surface area contributed by atoms with Gasteiger partial charge in [0.2, 0.25) is 5.91 Å². The normalized spacial score (nSPS) is 14.2. The average Bonchev–Trinajstić information content (AvgIpc) is 3.40. The first-order valence-electron chi connectivity index (χ1n) is 9.78. The highest BCUT2D eigenvalue weighted by molar-refractivity contribution is 8.00. The molecule has 3 aromatic rings. The fourth-order valence-corrected chi connectivity index (χ4v) is 5.59. The summed E-state index contributed by atoms with van der Waals surface area (Å²) in [6.07, 6.45) is 1.65. The number of nitrogens with one attached hydrogen (secondary N) is 1. The Labute approximate surface area is 193 Å². The van der Waals surface area contributed by atoms with Crippen molar-refractivity contribution in [2.75, 3.05) is 0 Å². The molecule has 31 heavy (non-hydrogen) atoms. The van der Waals surface area contributed by atoms with Crippen molar-refractivity contribution < 1.29 is 4.79 Å². The van der Waals surface area contributed by atoms with Gasteiger partial charge in [0.15, 0.2) is 5.16 Å². The van der Waals surface area contributed by atoms with Crippen molar-refractivity contribution in [1.82, 2.24) is 14.9 Å². The summed E-state index contributed by atoms with van der Waals surface area (Å²) in [4.78, 5) is 32.5. The molecule has 3 aromatic heterocycles. The second kappa shape index (κ2) is 9.39. The highest BCUT2D eigenvalue weighted by Crippen LogP contribution is 2.35. The Morgan fingerprint density at radius 1 is 1.45 bits per heavy atom. The highest BCUT2D eigenvalue weighted by Gasteiger charge is 2.32. The van der Waals surface area contributed by atoms with E-state index in [1.165, 1.54) is 23.1 Å². The summed E-state index contributed by atoms with van der Waals surface area (Å²) in [6, 6.07) is 6.13. The van der Waals surface area contributed by atoms with E-state index in [4.69, 9.17) is 4.98 Å². The summed E-state index contributed by atoms with van der Waals surface area (Å²) >= 11 is 4.21. The van der Waals surface area contributed by atoms with E-state index in [0.29, 0.717) is 21.9 Å². The molecule has 0 aliphatic carbocycles. The SMILES string of the molecule is C=CCn1c(SC(C)C(=O)NC(C)(C#N)C(C)C)nc2scc(-c3cccs3)c2c1=O. The minimum Gasteiger partial charge on any atom is -0.337 e. The van der Waals surface area contributed by atoms with Gasteiger partial charge in [-0.25, -0.2) is 4.98 Å². The van der Waals surface area contributed by atoms with Crippen LogP contribution in [0.25, 0.3) is 20.7 Å². The van der Waals surface area contributed by atoms with Gasteiger partial charge in [-0.05, 0) is 31.2 Å². The van der Waals surface area contributed by atoms with Crippen LogP contribution in [-0.2, 0) is 11.3 Å². The van der Waals surface area contributed by atoms with Crippen molar-refractivity contribution in [2.24, 2.45) is 5.92 Å². The van der Waals surface area contributed by atoms with Gasteiger partial charge in [0.05, 0.1) is 16.7 Å². The van der Waals surface area contributed by atoms with Gasteiger partial charge in [-0.3, -0.25) is 14.2 Å². The molecule has 1 N–H and O–H groups in total. The van der Waals surface area contributed by atoms with Crippen molar-refractivity contribution in [1.29, 1.82) is 5.26 Å². The zero-order valence-corrected chi connectivity index (χ0v) is 20.3. The van der Waals surface area contributed by atoms with Crippen LogP contribution in [0.2, 0.25) is 0 Å². The van der Waals surface area contributed by atoms with Crippen LogP contribution in [0.5, 0.6) is 0 Å². The molecule has 0 fully saturated rings. The van der Waals surface area contributed by atoms with E-state index in [0.717, 1.165) is 10.4 Å². The Morgan fingerprint density at radius 2 is 2.19 bits per heavy atom. The van der Waals surface area contributed by atoms with Crippen LogP contribution in [0, 0.1) is 17.2 Å². The van der Waals surface area contributed by atoms with E-state index in [2.05, 4.69) is 18.0 Å². The summed E-state index contributed by atoms with van der Waals surface area (Å²) in [5.74, 6) is -0.318. The molecule has 0 aliphatic heterocycles. The molecule has 0 bridgehead atoms. The first-order valence-corrected chi connectivity index (χ1v) is 12.4. The summed E-state index contributed by atoms with van der Waals surface area (Å²) in [7, 11) is 0. The van der Waals surface area contributed by atoms with Crippen molar-refractivity contribution in [3.63, 3.8) is 0 Å². The molecule has 3 rings (SSSR count). The molecular weight excluding hydrogens is 448 g/mol. The number of thiophene rings is 2. The first kappa shape index (κ1) is 23.3. The van der Waals surface area contributed by atoms with Crippen LogP contribution in [0.3, 0.4) is 0 Å². The number of aromatic nitrogens is 2. The Balaban J connectivity index is 1.98. The monoisotopic (exact) mass is 472 g/mol. The number of nitrogens with zero attached hydrogens (tertiary/aromatic N) is 3. The van der Waals surface area contributed by atoms with Gasteiger partial charge < -0.3 is 5.32 Å². The minimum atomic E-state index is -0.965. The van der Waals surface area contributed by atoms with Gasteiger partial charge in [-0.1, -0.05) is 37.8 Å². The number of thioether (sulfide) groups is 1. The number of amides is 1. The van der Waals surface area contributed by atoms with E-state index in [9.17, 15) is 14.9 Å². The van der Waals surface area contributed by atoms with E-state index in [1.807, 2.05) is 36.7 Å². The third-order valence-corrected chi connectivity index (χ3v) is 8.04. The summed E-state index contributed by atoms with van der Waals surface area (Å²) in [5.41, 5.74) is -0.226. The van der Waals surface area contributed by atoms with Crippen LogP contribution in [-0.4, -0.2) is 26.2 Å². The van der Waals surface area contributed by atoms with E-state index >= 15 is 0 Å². The molecule has 3 heterocycles. The predicted octanol–water partition coefficient (Wildman–Crippen LogP) is 4.91. The maximum absolute atomic E-state index is 13.4. The maximum Gasteiger partial charge on any atom is 0.263 e. The minimum absolute atomic E-state index is 0.0473. The molecule has 2 atom stereocenters. The molecule has 6 nitrogen and oxygen atoms in total. The summed E-state index contributed by atoms with van der Waals surface area (Å²) < 4.78 is 1.56. The second-order valence-corrected chi connectivity index (χ2v) is 10.7. The zero-order valence-electron chi connectivity index (χ0n) is 17.8. The predicted molar refractivity (Wildman–Crippen MR) is 130 cm³/mol. The molecule has 1 amide bonds. The lowest BCUT2D eigenvalue weighted by molar-refractivity contribution is -0.121. The molecule has 0 spiro atoms. The molecule has 0 radical (unpaired) electrons. The Kier molecular flexibility index (Phi) is 7.04. The van der Waals surface area contributed by atoms with Crippen molar-refractivity contribution in [2.45, 2.75) is 50.2 Å². The average molecular weight is 473 g/mol. The van der Waals surface area contributed by atoms with Gasteiger partial charge in [-0.2, -0.15) is 5.26 Å². The van der Waals surface area contributed by atoms with Gasteiger partial charge in [0.25, 0.3) is 5.56 Å². The van der Waals surface area contributed by atoms with E-state index < -0.39 is 10.8 Å². The number of carbonyl (C=O) groups is 1. The van der Waals surface area contributed by atoms with Crippen molar-refractivity contribution in [3.8, 4) is 16.5 Å². The maximum atomic E-state index is 13.4. The number of hydrogen-bond donors (Lipinski definition) is 1.